The van der Waals surface area contributed by atoms with Gasteiger partial charge in [0, 0.05) is 44.8 Å². The summed E-state index contributed by atoms with van der Waals surface area (Å²) in [6.07, 6.45) is 1.74. The van der Waals surface area contributed by atoms with Crippen molar-refractivity contribution in [2.75, 3.05) is 46.3 Å². The minimum atomic E-state index is -0.0960. The number of pyridine rings is 1. The van der Waals surface area contributed by atoms with Crippen molar-refractivity contribution in [1.29, 1.82) is 0 Å². The van der Waals surface area contributed by atoms with Gasteiger partial charge in [0.25, 0.3) is 5.91 Å². The monoisotopic (exact) mass is 440 g/mol. The number of nitrogens with one attached hydrogen (secondary N) is 1. The average Bonchev–Trinajstić information content (AvgIpc) is 3.30. The summed E-state index contributed by atoms with van der Waals surface area (Å²) in [5.41, 5.74) is 3.90. The number of para-hydroxylation sites is 1. The molecule has 1 fully saturated rings. The molecule has 33 heavy (non-hydrogen) atoms. The minimum Gasteiger partial charge on any atom is -0.351 e. The lowest BCUT2D eigenvalue weighted by Crippen LogP contribution is -2.46. The van der Waals surface area contributed by atoms with Gasteiger partial charge in [0.1, 0.15) is 0 Å². The summed E-state index contributed by atoms with van der Waals surface area (Å²) in [5.74, 6) is -0.0960. The second-order valence-corrected chi connectivity index (χ2v) is 8.45. The lowest BCUT2D eigenvalue weighted by Gasteiger charge is -2.32. The average molecular weight is 441 g/mol. The molecule has 1 saturated heterocycles. The van der Waals surface area contributed by atoms with E-state index >= 15 is 0 Å². The Labute approximate surface area is 193 Å². The molecule has 7 heteroatoms. The molecule has 7 nitrogen and oxygen atoms in total. The van der Waals surface area contributed by atoms with E-state index in [1.54, 1.807) is 10.9 Å². The first-order chi connectivity index (χ1) is 16.2. The van der Waals surface area contributed by atoms with E-state index in [2.05, 4.69) is 27.3 Å². The summed E-state index contributed by atoms with van der Waals surface area (Å²) in [6, 6.07) is 21.7. The van der Waals surface area contributed by atoms with Crippen molar-refractivity contribution in [3.05, 3.63) is 78.5 Å². The number of rotatable bonds is 6. The Hall–Kier alpha value is -3.55. The van der Waals surface area contributed by atoms with Crippen LogP contribution in [0.25, 0.3) is 28.0 Å². The van der Waals surface area contributed by atoms with Gasteiger partial charge in [0.2, 0.25) is 0 Å². The minimum absolute atomic E-state index is 0.0960. The molecule has 1 N–H and O–H groups in total. The molecule has 1 amide bonds. The number of fused-ring (bicyclic) bond motifs is 1. The Bertz CT molecular complexity index is 1230. The molecule has 4 aromatic rings. The normalized spacial score (nSPS) is 15.1. The van der Waals surface area contributed by atoms with Gasteiger partial charge >= 0.3 is 0 Å². The highest BCUT2D eigenvalue weighted by Crippen LogP contribution is 2.26. The number of piperazine rings is 1. The van der Waals surface area contributed by atoms with Gasteiger partial charge in [-0.15, -0.1) is 0 Å². The number of benzene rings is 2. The third kappa shape index (κ3) is 4.65. The predicted molar refractivity (Wildman–Crippen MR) is 131 cm³/mol. The predicted octanol–water partition coefficient (Wildman–Crippen LogP) is 3.06. The SMILES string of the molecule is CN1CCN(CCNC(=O)c2cc(-c3ccccc3)nc3c2cnn3-c2ccccc2)CC1. The lowest BCUT2D eigenvalue weighted by molar-refractivity contribution is 0.0942. The van der Waals surface area contributed by atoms with Gasteiger partial charge in [-0.05, 0) is 25.2 Å². The molecule has 3 heterocycles. The fourth-order valence-corrected chi connectivity index (χ4v) is 4.20. The first kappa shape index (κ1) is 21.3. The number of likely N-dealkylation sites (N-methyl/N-ethyl adjacent to an activating group) is 1. The van der Waals surface area contributed by atoms with Crippen molar-refractivity contribution >= 4 is 16.9 Å². The number of nitrogens with zero attached hydrogens (tertiary/aromatic N) is 5. The van der Waals surface area contributed by atoms with Gasteiger partial charge in [-0.2, -0.15) is 5.10 Å². The Morgan fingerprint density at radius 2 is 1.67 bits per heavy atom. The van der Waals surface area contributed by atoms with Crippen LogP contribution in [0, 0.1) is 0 Å². The van der Waals surface area contributed by atoms with Crippen LogP contribution in [0.5, 0.6) is 0 Å². The van der Waals surface area contributed by atoms with E-state index in [0.29, 0.717) is 17.8 Å². The molecule has 5 rings (SSSR count). The van der Waals surface area contributed by atoms with Crippen LogP contribution in [0.15, 0.2) is 72.9 Å². The van der Waals surface area contributed by atoms with Crippen LogP contribution < -0.4 is 5.32 Å². The van der Waals surface area contributed by atoms with Crippen LogP contribution in [0.1, 0.15) is 10.4 Å². The zero-order chi connectivity index (χ0) is 22.6. The number of hydrogen-bond donors (Lipinski definition) is 1. The molecule has 0 aliphatic carbocycles. The first-order valence-corrected chi connectivity index (χ1v) is 11.4. The molecule has 0 unspecified atom stereocenters. The summed E-state index contributed by atoms with van der Waals surface area (Å²) in [7, 11) is 2.15. The topological polar surface area (TPSA) is 66.3 Å². The number of carbonyl (C=O) groups is 1. The molecular weight excluding hydrogens is 412 g/mol. The highest BCUT2D eigenvalue weighted by Gasteiger charge is 2.19. The maximum absolute atomic E-state index is 13.3. The fraction of sp³-hybridized carbons (Fsp3) is 0.269. The molecule has 0 spiro atoms. The third-order valence-electron chi connectivity index (χ3n) is 6.17. The van der Waals surface area contributed by atoms with E-state index in [4.69, 9.17) is 4.98 Å². The molecule has 168 valence electrons. The zero-order valence-corrected chi connectivity index (χ0v) is 18.8. The smallest absolute Gasteiger partial charge is 0.252 e. The summed E-state index contributed by atoms with van der Waals surface area (Å²) in [4.78, 5) is 22.9. The molecular formula is C26H28N6O. The quantitative estimate of drug-likeness (QED) is 0.499. The van der Waals surface area contributed by atoms with Crippen LogP contribution in [-0.4, -0.2) is 76.8 Å². The van der Waals surface area contributed by atoms with Crippen LogP contribution in [0.3, 0.4) is 0 Å². The van der Waals surface area contributed by atoms with E-state index in [1.165, 1.54) is 0 Å². The third-order valence-corrected chi connectivity index (χ3v) is 6.17. The van der Waals surface area contributed by atoms with Crippen molar-refractivity contribution in [3.63, 3.8) is 0 Å². The summed E-state index contributed by atoms with van der Waals surface area (Å²) < 4.78 is 1.79. The highest BCUT2D eigenvalue weighted by atomic mass is 16.1. The van der Waals surface area contributed by atoms with E-state index in [9.17, 15) is 4.79 Å². The number of aromatic nitrogens is 3. The second-order valence-electron chi connectivity index (χ2n) is 8.45. The van der Waals surface area contributed by atoms with Gasteiger partial charge in [-0.25, -0.2) is 9.67 Å². The molecule has 1 aliphatic heterocycles. The van der Waals surface area contributed by atoms with Crippen LogP contribution in [-0.2, 0) is 0 Å². The number of carbonyl (C=O) groups excluding carboxylic acids is 1. The summed E-state index contributed by atoms with van der Waals surface area (Å²) in [6.45, 7) is 5.67. The standard InChI is InChI=1S/C26H28N6O/c1-30-14-16-31(17-15-30)13-12-27-26(33)22-18-24(20-8-4-2-5-9-20)29-25-23(22)19-28-32(25)21-10-6-3-7-11-21/h2-11,18-19H,12-17H2,1H3,(H,27,33). The first-order valence-electron chi connectivity index (χ1n) is 11.4. The molecule has 0 radical (unpaired) electrons. The van der Waals surface area contributed by atoms with Gasteiger partial charge < -0.3 is 10.2 Å². The highest BCUT2D eigenvalue weighted by molar-refractivity contribution is 6.06. The Kier molecular flexibility index (Phi) is 6.15. The molecule has 1 aliphatic rings. The van der Waals surface area contributed by atoms with Crippen molar-refractivity contribution < 1.29 is 4.79 Å². The molecule has 0 saturated carbocycles. The van der Waals surface area contributed by atoms with E-state index in [-0.39, 0.29) is 5.91 Å². The number of amides is 1. The van der Waals surface area contributed by atoms with Crippen molar-refractivity contribution in [3.8, 4) is 16.9 Å². The van der Waals surface area contributed by atoms with E-state index in [0.717, 1.165) is 55.1 Å². The van der Waals surface area contributed by atoms with Crippen molar-refractivity contribution in [2.24, 2.45) is 0 Å². The van der Waals surface area contributed by atoms with Gasteiger partial charge in [-0.3, -0.25) is 9.69 Å². The van der Waals surface area contributed by atoms with E-state index in [1.807, 2.05) is 66.7 Å². The van der Waals surface area contributed by atoms with Crippen LogP contribution in [0.2, 0.25) is 0 Å². The Morgan fingerprint density at radius 3 is 2.39 bits per heavy atom. The molecule has 0 atom stereocenters. The van der Waals surface area contributed by atoms with Gasteiger partial charge in [0.15, 0.2) is 5.65 Å². The number of hydrogen-bond acceptors (Lipinski definition) is 5. The molecule has 2 aromatic heterocycles. The zero-order valence-electron chi connectivity index (χ0n) is 18.8. The largest absolute Gasteiger partial charge is 0.351 e. The second kappa shape index (κ2) is 9.52. The van der Waals surface area contributed by atoms with Gasteiger partial charge in [-0.1, -0.05) is 48.5 Å². The van der Waals surface area contributed by atoms with Crippen molar-refractivity contribution in [2.45, 2.75) is 0 Å². The van der Waals surface area contributed by atoms with Crippen LogP contribution in [0.4, 0.5) is 0 Å². The summed E-state index contributed by atoms with van der Waals surface area (Å²) in [5, 5.41) is 8.43. The van der Waals surface area contributed by atoms with E-state index < -0.39 is 0 Å². The van der Waals surface area contributed by atoms with Gasteiger partial charge in [0.05, 0.1) is 28.5 Å². The fourth-order valence-electron chi connectivity index (χ4n) is 4.20. The maximum atomic E-state index is 13.3. The maximum Gasteiger partial charge on any atom is 0.252 e. The Morgan fingerprint density at radius 1 is 0.970 bits per heavy atom. The molecule has 2 aromatic carbocycles. The molecule has 0 bridgehead atoms. The van der Waals surface area contributed by atoms with Crippen molar-refractivity contribution in [1.82, 2.24) is 29.9 Å². The Balaban J connectivity index is 1.45. The van der Waals surface area contributed by atoms with Crippen LogP contribution >= 0.6 is 0 Å². The lowest BCUT2D eigenvalue weighted by atomic mass is 10.1. The summed E-state index contributed by atoms with van der Waals surface area (Å²) >= 11 is 0.